The number of rotatable bonds is 3. The summed E-state index contributed by atoms with van der Waals surface area (Å²) >= 11 is 0. The van der Waals surface area contributed by atoms with Crippen LogP contribution in [-0.4, -0.2) is 24.1 Å². The molecule has 1 aromatic heterocycles. The third-order valence-electron chi connectivity index (χ3n) is 2.87. The van der Waals surface area contributed by atoms with Gasteiger partial charge in [-0.15, -0.1) is 0 Å². The van der Waals surface area contributed by atoms with Crippen LogP contribution < -0.4 is 5.32 Å². The van der Waals surface area contributed by atoms with E-state index in [1.807, 2.05) is 0 Å². The van der Waals surface area contributed by atoms with Gasteiger partial charge in [-0.25, -0.2) is 8.42 Å². The quantitative estimate of drug-likeness (QED) is 0.878. The van der Waals surface area contributed by atoms with Gasteiger partial charge < -0.3 is 5.32 Å². The second-order valence-electron chi connectivity index (χ2n) is 4.18. The normalized spacial score (nSPS) is 11.3. The molecule has 0 saturated heterocycles. The zero-order valence-electron chi connectivity index (χ0n) is 10.8. The summed E-state index contributed by atoms with van der Waals surface area (Å²) in [6, 6.07) is 5.60. The molecule has 0 unspecified atom stereocenters. The second-order valence-corrected chi connectivity index (χ2v) is 6.75. The lowest BCUT2D eigenvalue weighted by Crippen LogP contribution is -2.13. The van der Waals surface area contributed by atoms with E-state index in [0.29, 0.717) is 11.3 Å². The monoisotopic (exact) mass is 313 g/mol. The van der Waals surface area contributed by atoms with Crippen molar-refractivity contribution >= 4 is 31.3 Å². The number of carbonyl (C=O) groups excluding carboxylic acids is 1. The van der Waals surface area contributed by atoms with Gasteiger partial charge in [-0.2, -0.15) is 5.10 Å². The van der Waals surface area contributed by atoms with E-state index in [9.17, 15) is 13.2 Å². The van der Waals surface area contributed by atoms with Crippen LogP contribution in [0.4, 0.5) is 5.69 Å². The Kier molecular flexibility index (Phi) is 3.82. The molecule has 0 aliphatic carbocycles. The number of halogens is 1. The van der Waals surface area contributed by atoms with Crippen LogP contribution in [0.15, 0.2) is 35.4 Å². The van der Waals surface area contributed by atoms with Crippen LogP contribution in [0.3, 0.4) is 0 Å². The van der Waals surface area contributed by atoms with E-state index in [1.165, 1.54) is 30.5 Å². The Bertz CT molecular complexity index is 751. The first-order chi connectivity index (χ1) is 9.29. The van der Waals surface area contributed by atoms with E-state index in [0.717, 1.165) is 5.69 Å². The number of anilines is 1. The number of amides is 1. The lowest BCUT2D eigenvalue weighted by atomic mass is 10.2. The van der Waals surface area contributed by atoms with Gasteiger partial charge in [-0.05, 0) is 31.2 Å². The summed E-state index contributed by atoms with van der Waals surface area (Å²) in [4.78, 5) is 12.0. The maximum atomic E-state index is 12.0. The smallest absolute Gasteiger partial charge is 0.261 e. The highest BCUT2D eigenvalue weighted by Crippen LogP contribution is 2.18. The zero-order valence-corrected chi connectivity index (χ0v) is 12.4. The van der Waals surface area contributed by atoms with Crippen LogP contribution in [-0.2, 0) is 16.1 Å². The molecule has 2 rings (SSSR count). The van der Waals surface area contributed by atoms with Gasteiger partial charge in [0.15, 0.2) is 0 Å². The number of carbonyl (C=O) groups is 1. The molecular weight excluding hydrogens is 302 g/mol. The van der Waals surface area contributed by atoms with Crippen molar-refractivity contribution in [3.05, 3.63) is 41.7 Å². The molecule has 0 saturated carbocycles. The van der Waals surface area contributed by atoms with Gasteiger partial charge in [-0.1, -0.05) is 0 Å². The van der Waals surface area contributed by atoms with Gasteiger partial charge in [0.2, 0.25) is 0 Å². The van der Waals surface area contributed by atoms with E-state index in [1.54, 1.807) is 18.7 Å². The summed E-state index contributed by atoms with van der Waals surface area (Å²) in [7, 11) is 3.19. The van der Waals surface area contributed by atoms with Crippen molar-refractivity contribution in [2.75, 3.05) is 5.32 Å². The van der Waals surface area contributed by atoms with Crippen LogP contribution in [0.25, 0.3) is 0 Å². The average molecular weight is 314 g/mol. The molecule has 0 radical (unpaired) electrons. The van der Waals surface area contributed by atoms with Crippen LogP contribution >= 0.6 is 10.7 Å². The van der Waals surface area contributed by atoms with Crippen LogP contribution in [0.2, 0.25) is 0 Å². The lowest BCUT2D eigenvalue weighted by Gasteiger charge is -2.05. The highest BCUT2D eigenvalue weighted by Gasteiger charge is 2.14. The Morgan fingerprint density at radius 3 is 2.35 bits per heavy atom. The highest BCUT2D eigenvalue weighted by atomic mass is 35.7. The Morgan fingerprint density at radius 1 is 1.30 bits per heavy atom. The van der Waals surface area contributed by atoms with Gasteiger partial charge in [0, 0.05) is 29.1 Å². The minimum Gasteiger partial charge on any atom is -0.322 e. The predicted molar refractivity (Wildman–Crippen MR) is 75.4 cm³/mol. The van der Waals surface area contributed by atoms with Gasteiger partial charge in [0.05, 0.1) is 16.7 Å². The second kappa shape index (κ2) is 5.26. The van der Waals surface area contributed by atoms with Gasteiger partial charge in [0.25, 0.3) is 15.0 Å². The van der Waals surface area contributed by atoms with E-state index in [2.05, 4.69) is 10.4 Å². The van der Waals surface area contributed by atoms with Gasteiger partial charge in [-0.3, -0.25) is 9.48 Å². The molecule has 8 heteroatoms. The van der Waals surface area contributed by atoms with Crippen molar-refractivity contribution in [1.82, 2.24) is 9.78 Å². The molecule has 6 nitrogen and oxygen atoms in total. The first kappa shape index (κ1) is 14.5. The van der Waals surface area contributed by atoms with Crippen LogP contribution in [0.1, 0.15) is 16.1 Å². The molecule has 0 aliphatic heterocycles. The van der Waals surface area contributed by atoms with Crippen molar-refractivity contribution in [1.29, 1.82) is 0 Å². The van der Waals surface area contributed by atoms with Crippen molar-refractivity contribution in [3.8, 4) is 0 Å². The third-order valence-corrected chi connectivity index (χ3v) is 4.24. The molecule has 0 spiro atoms. The molecule has 1 heterocycles. The maximum Gasteiger partial charge on any atom is 0.261 e. The standard InChI is InChI=1S/C12H12ClN3O3S/c1-8-11(7-14-16(8)2)12(17)15-9-3-5-10(6-4-9)20(13,18)19/h3-7H,1-2H3,(H,15,17). The third kappa shape index (κ3) is 3.00. The molecule has 1 N–H and O–H groups in total. The first-order valence-corrected chi connectivity index (χ1v) is 7.94. The fraction of sp³-hybridized carbons (Fsp3) is 0.167. The van der Waals surface area contributed by atoms with Gasteiger partial charge >= 0.3 is 0 Å². The average Bonchev–Trinajstić information content (AvgIpc) is 2.69. The minimum atomic E-state index is -3.76. The number of aryl methyl sites for hydroxylation is 1. The molecule has 0 bridgehead atoms. The first-order valence-electron chi connectivity index (χ1n) is 5.63. The van der Waals surface area contributed by atoms with Crippen molar-refractivity contribution in [3.63, 3.8) is 0 Å². The molecule has 0 atom stereocenters. The number of aromatic nitrogens is 2. The van der Waals surface area contributed by atoms with Gasteiger partial charge in [0.1, 0.15) is 0 Å². The summed E-state index contributed by atoms with van der Waals surface area (Å²) in [5.74, 6) is -0.308. The Morgan fingerprint density at radius 2 is 1.90 bits per heavy atom. The lowest BCUT2D eigenvalue weighted by molar-refractivity contribution is 0.102. The number of hydrogen-bond donors (Lipinski definition) is 1. The van der Waals surface area contributed by atoms with Crippen LogP contribution in [0.5, 0.6) is 0 Å². The van der Waals surface area contributed by atoms with E-state index in [-0.39, 0.29) is 10.8 Å². The molecule has 1 amide bonds. The molecule has 20 heavy (non-hydrogen) atoms. The molecule has 1 aromatic carbocycles. The number of nitrogens with one attached hydrogen (secondary N) is 1. The Balaban J connectivity index is 2.19. The summed E-state index contributed by atoms with van der Waals surface area (Å²) in [5.41, 5.74) is 1.67. The highest BCUT2D eigenvalue weighted by molar-refractivity contribution is 8.13. The van der Waals surface area contributed by atoms with Crippen LogP contribution in [0, 0.1) is 6.92 Å². The van der Waals surface area contributed by atoms with E-state index in [4.69, 9.17) is 10.7 Å². The van der Waals surface area contributed by atoms with Crippen molar-refractivity contribution in [2.24, 2.45) is 7.05 Å². The summed E-state index contributed by atoms with van der Waals surface area (Å²) in [6.45, 7) is 1.78. The fourth-order valence-corrected chi connectivity index (χ4v) is 2.39. The largest absolute Gasteiger partial charge is 0.322 e. The molecule has 106 valence electrons. The molecule has 0 aliphatic rings. The summed E-state index contributed by atoms with van der Waals surface area (Å²) in [6.07, 6.45) is 1.47. The molecule has 0 fully saturated rings. The van der Waals surface area contributed by atoms with Crippen molar-refractivity contribution < 1.29 is 13.2 Å². The molecule has 2 aromatic rings. The zero-order chi connectivity index (χ0) is 14.9. The summed E-state index contributed by atoms with van der Waals surface area (Å²) < 4.78 is 23.8. The maximum absolute atomic E-state index is 12.0. The Labute approximate surface area is 120 Å². The fourth-order valence-electron chi connectivity index (χ4n) is 1.62. The number of hydrogen-bond acceptors (Lipinski definition) is 4. The van der Waals surface area contributed by atoms with E-state index < -0.39 is 9.05 Å². The Hall–Kier alpha value is -1.86. The summed E-state index contributed by atoms with van der Waals surface area (Å²) in [5, 5.41) is 6.65. The predicted octanol–water partition coefficient (Wildman–Crippen LogP) is 1.91. The molecular formula is C12H12ClN3O3S. The van der Waals surface area contributed by atoms with Crippen molar-refractivity contribution in [2.45, 2.75) is 11.8 Å². The minimum absolute atomic E-state index is 0.0188. The van der Waals surface area contributed by atoms with E-state index >= 15 is 0 Å². The number of benzene rings is 1. The number of nitrogens with zero attached hydrogens (tertiary/aromatic N) is 2. The topological polar surface area (TPSA) is 81.1 Å². The SMILES string of the molecule is Cc1c(C(=O)Nc2ccc(S(=O)(=O)Cl)cc2)cnn1C.